The molecule has 96 valence electrons. The summed E-state index contributed by atoms with van der Waals surface area (Å²) in [4.78, 5) is 21.5. The van der Waals surface area contributed by atoms with Crippen molar-refractivity contribution >= 4 is 12.2 Å². The molecule has 0 bridgehead atoms. The highest BCUT2D eigenvalue weighted by molar-refractivity contribution is 5.73. The van der Waals surface area contributed by atoms with Crippen molar-refractivity contribution in [3.8, 4) is 0 Å². The summed E-state index contributed by atoms with van der Waals surface area (Å²) in [5, 5.41) is 0. The maximum Gasteiger partial charge on any atom is 0.225 e. The number of hydrogen-bond acceptors (Lipinski definition) is 4. The molecule has 1 saturated heterocycles. The van der Waals surface area contributed by atoms with Crippen molar-refractivity contribution in [2.24, 2.45) is 11.8 Å². The number of carbonyl (C=O) groups is 1. The zero-order valence-corrected chi connectivity index (χ0v) is 10.6. The van der Waals surface area contributed by atoms with Crippen LogP contribution in [0.2, 0.25) is 0 Å². The Hall–Kier alpha value is -1.45. The molecule has 1 aromatic rings. The largest absolute Gasteiger partial charge is 0.341 e. The number of hydrogen-bond donors (Lipinski definition) is 0. The third kappa shape index (κ3) is 2.24. The van der Waals surface area contributed by atoms with E-state index in [9.17, 15) is 4.79 Å². The molecule has 2 atom stereocenters. The molecule has 1 aliphatic heterocycles. The molecule has 1 aliphatic carbocycles. The van der Waals surface area contributed by atoms with Crippen molar-refractivity contribution in [1.29, 1.82) is 0 Å². The minimum absolute atomic E-state index is 0.548. The van der Waals surface area contributed by atoms with Crippen molar-refractivity contribution in [1.82, 2.24) is 9.97 Å². The molecule has 2 unspecified atom stereocenters. The molecular weight excluding hydrogens is 226 g/mol. The Bertz CT molecular complexity index is 418. The lowest BCUT2D eigenvalue weighted by Crippen LogP contribution is -2.42. The van der Waals surface area contributed by atoms with Gasteiger partial charge in [0.25, 0.3) is 0 Å². The Kier molecular flexibility index (Phi) is 3.26. The molecular formula is C14H19N3O. The van der Waals surface area contributed by atoms with E-state index in [4.69, 9.17) is 0 Å². The van der Waals surface area contributed by atoms with Gasteiger partial charge in [-0.2, -0.15) is 0 Å². The summed E-state index contributed by atoms with van der Waals surface area (Å²) in [7, 11) is 0. The molecule has 0 amide bonds. The first-order chi connectivity index (χ1) is 8.86. The summed E-state index contributed by atoms with van der Waals surface area (Å²) >= 11 is 0. The average Bonchev–Trinajstić information content (AvgIpc) is 2.47. The zero-order valence-electron chi connectivity index (χ0n) is 10.6. The van der Waals surface area contributed by atoms with Gasteiger partial charge >= 0.3 is 0 Å². The topological polar surface area (TPSA) is 46.1 Å². The van der Waals surface area contributed by atoms with Crippen molar-refractivity contribution < 1.29 is 4.79 Å². The minimum atomic E-state index is 0.548. The van der Waals surface area contributed by atoms with Gasteiger partial charge in [-0.1, -0.05) is 19.3 Å². The van der Waals surface area contributed by atoms with Crippen molar-refractivity contribution in [2.75, 3.05) is 18.0 Å². The van der Waals surface area contributed by atoms with E-state index in [2.05, 4.69) is 14.9 Å². The standard InChI is InChI=1S/C14H19N3O/c18-10-11-7-15-14(16-8-11)17-6-5-12-3-1-2-4-13(12)9-17/h7-8,10,12-13H,1-6,9H2. The lowest BCUT2D eigenvalue weighted by atomic mass is 9.75. The lowest BCUT2D eigenvalue weighted by Gasteiger charge is -2.41. The quantitative estimate of drug-likeness (QED) is 0.750. The maximum absolute atomic E-state index is 10.6. The second-order valence-electron chi connectivity index (χ2n) is 5.47. The molecule has 0 radical (unpaired) electrons. The molecule has 18 heavy (non-hydrogen) atoms. The third-order valence-corrected chi connectivity index (χ3v) is 4.37. The molecule has 0 aromatic carbocycles. The number of aromatic nitrogens is 2. The monoisotopic (exact) mass is 245 g/mol. The smallest absolute Gasteiger partial charge is 0.225 e. The predicted molar refractivity (Wildman–Crippen MR) is 69.7 cm³/mol. The Balaban J connectivity index is 1.70. The number of carbonyl (C=O) groups excluding carboxylic acids is 1. The zero-order chi connectivity index (χ0) is 12.4. The Morgan fingerprint density at radius 1 is 1.11 bits per heavy atom. The van der Waals surface area contributed by atoms with Crippen molar-refractivity contribution in [3.63, 3.8) is 0 Å². The number of aldehydes is 1. The highest BCUT2D eigenvalue weighted by atomic mass is 16.1. The second-order valence-corrected chi connectivity index (χ2v) is 5.47. The van der Waals surface area contributed by atoms with Crippen LogP contribution in [0.1, 0.15) is 42.5 Å². The van der Waals surface area contributed by atoms with E-state index in [1.54, 1.807) is 12.4 Å². The van der Waals surface area contributed by atoms with Gasteiger partial charge in [0.05, 0.1) is 5.56 Å². The summed E-state index contributed by atoms with van der Waals surface area (Å²) < 4.78 is 0. The highest BCUT2D eigenvalue weighted by Gasteiger charge is 2.31. The van der Waals surface area contributed by atoms with Gasteiger partial charge in [0.2, 0.25) is 5.95 Å². The molecule has 2 aliphatic rings. The van der Waals surface area contributed by atoms with Crippen molar-refractivity contribution in [3.05, 3.63) is 18.0 Å². The van der Waals surface area contributed by atoms with Crippen LogP contribution in [-0.2, 0) is 0 Å². The van der Waals surface area contributed by atoms with Gasteiger partial charge in [0.1, 0.15) is 0 Å². The molecule has 0 N–H and O–H groups in total. The second kappa shape index (κ2) is 5.04. The first-order valence-corrected chi connectivity index (χ1v) is 6.89. The van der Waals surface area contributed by atoms with E-state index in [1.807, 2.05) is 0 Å². The summed E-state index contributed by atoms with van der Waals surface area (Å²) in [6.07, 6.45) is 10.8. The van der Waals surface area contributed by atoms with Gasteiger partial charge in [0, 0.05) is 25.5 Å². The molecule has 2 heterocycles. The van der Waals surface area contributed by atoms with Gasteiger partial charge in [-0.15, -0.1) is 0 Å². The maximum atomic E-state index is 10.6. The molecule has 4 heteroatoms. The molecule has 0 spiro atoms. The normalized spacial score (nSPS) is 27.7. The molecule has 3 rings (SSSR count). The number of piperidine rings is 1. The van der Waals surface area contributed by atoms with Crippen LogP contribution in [-0.4, -0.2) is 29.3 Å². The highest BCUT2D eigenvalue weighted by Crippen LogP contribution is 2.36. The molecule has 2 fully saturated rings. The fourth-order valence-corrected chi connectivity index (χ4v) is 3.34. The van der Waals surface area contributed by atoms with Gasteiger partial charge in [-0.05, 0) is 24.7 Å². The fourth-order valence-electron chi connectivity index (χ4n) is 3.34. The van der Waals surface area contributed by atoms with Crippen LogP contribution >= 0.6 is 0 Å². The third-order valence-electron chi connectivity index (χ3n) is 4.37. The number of rotatable bonds is 2. The summed E-state index contributed by atoms with van der Waals surface area (Å²) in [5.74, 6) is 2.52. The first kappa shape index (κ1) is 11.6. The SMILES string of the molecule is O=Cc1cnc(N2CCC3CCCCC3C2)nc1. The van der Waals surface area contributed by atoms with Crippen LogP contribution < -0.4 is 4.90 Å². The fraction of sp³-hybridized carbons (Fsp3) is 0.643. The van der Waals surface area contributed by atoms with E-state index in [1.165, 1.54) is 32.1 Å². The van der Waals surface area contributed by atoms with Gasteiger partial charge in [0.15, 0.2) is 6.29 Å². The van der Waals surface area contributed by atoms with Crippen LogP contribution in [0, 0.1) is 11.8 Å². The van der Waals surface area contributed by atoms with Crippen molar-refractivity contribution in [2.45, 2.75) is 32.1 Å². The first-order valence-electron chi connectivity index (χ1n) is 6.89. The van der Waals surface area contributed by atoms with Gasteiger partial charge in [-0.25, -0.2) is 9.97 Å². The molecule has 1 aromatic heterocycles. The Morgan fingerprint density at radius 2 is 1.83 bits per heavy atom. The average molecular weight is 245 g/mol. The Morgan fingerprint density at radius 3 is 2.56 bits per heavy atom. The summed E-state index contributed by atoms with van der Waals surface area (Å²) in [6, 6.07) is 0. The van der Waals surface area contributed by atoms with Crippen LogP contribution in [0.15, 0.2) is 12.4 Å². The van der Waals surface area contributed by atoms with E-state index in [0.29, 0.717) is 5.56 Å². The van der Waals surface area contributed by atoms with Crippen LogP contribution in [0.3, 0.4) is 0 Å². The van der Waals surface area contributed by atoms with Gasteiger partial charge < -0.3 is 4.90 Å². The number of nitrogens with zero attached hydrogens (tertiary/aromatic N) is 3. The minimum Gasteiger partial charge on any atom is -0.341 e. The van der Waals surface area contributed by atoms with E-state index in [-0.39, 0.29) is 0 Å². The Labute approximate surface area is 107 Å². The predicted octanol–water partition coefficient (Wildman–Crippen LogP) is 2.31. The van der Waals surface area contributed by atoms with E-state index in [0.717, 1.165) is 37.2 Å². The summed E-state index contributed by atoms with van der Waals surface area (Å²) in [6.45, 7) is 2.15. The number of anilines is 1. The molecule has 4 nitrogen and oxygen atoms in total. The van der Waals surface area contributed by atoms with Gasteiger partial charge in [-0.3, -0.25) is 4.79 Å². The van der Waals surface area contributed by atoms with Crippen LogP contribution in [0.5, 0.6) is 0 Å². The van der Waals surface area contributed by atoms with Crippen LogP contribution in [0.4, 0.5) is 5.95 Å². The summed E-state index contributed by atoms with van der Waals surface area (Å²) in [5.41, 5.74) is 0.548. The number of fused-ring (bicyclic) bond motifs is 1. The van der Waals surface area contributed by atoms with E-state index >= 15 is 0 Å². The lowest BCUT2D eigenvalue weighted by molar-refractivity contribution is 0.112. The molecule has 1 saturated carbocycles. The van der Waals surface area contributed by atoms with Crippen LogP contribution in [0.25, 0.3) is 0 Å². The van der Waals surface area contributed by atoms with E-state index < -0.39 is 0 Å².